The third kappa shape index (κ3) is 2.24. The molecule has 3 heterocycles. The summed E-state index contributed by atoms with van der Waals surface area (Å²) in [5.74, 6) is 1.59. The number of aryl methyl sites for hydroxylation is 1. The Hall–Kier alpha value is -2.51. The molecule has 0 saturated heterocycles. The molecular weight excluding hydrogens is 244 g/mol. The van der Waals surface area contributed by atoms with Crippen LogP contribution in [0, 0.1) is 0 Å². The van der Waals surface area contributed by atoms with Crippen LogP contribution in [0.5, 0.6) is 0 Å². The minimum Gasteiger partial charge on any atom is -0.368 e. The molecule has 0 saturated carbocycles. The number of hydrogen-bond acceptors (Lipinski definition) is 6. The van der Waals surface area contributed by atoms with E-state index < -0.39 is 0 Å². The monoisotopic (exact) mass is 258 g/mol. The molecule has 3 aromatic heterocycles. The van der Waals surface area contributed by atoms with Gasteiger partial charge in [-0.2, -0.15) is 5.10 Å². The van der Waals surface area contributed by atoms with Crippen molar-refractivity contribution < 1.29 is 0 Å². The largest absolute Gasteiger partial charge is 0.368 e. The molecule has 0 fully saturated rings. The van der Waals surface area contributed by atoms with Crippen molar-refractivity contribution in [2.24, 2.45) is 0 Å². The molecule has 8 nitrogen and oxygen atoms in total. The minimum absolute atomic E-state index is 0.709. The smallest absolute Gasteiger partial charge is 0.165 e. The maximum absolute atomic E-state index is 4.34. The van der Waals surface area contributed by atoms with Crippen LogP contribution in [-0.4, -0.2) is 41.2 Å². The summed E-state index contributed by atoms with van der Waals surface area (Å²) in [6.07, 6.45) is 5.58. The summed E-state index contributed by atoms with van der Waals surface area (Å²) in [5, 5.41) is 9.88. The van der Waals surface area contributed by atoms with Gasteiger partial charge in [0.25, 0.3) is 0 Å². The first-order valence-electron chi connectivity index (χ1n) is 6.12. The Kier molecular flexibility index (Phi) is 3.05. The molecule has 98 valence electrons. The number of hydrogen-bond donors (Lipinski definition) is 2. The van der Waals surface area contributed by atoms with Crippen molar-refractivity contribution in [3.8, 4) is 0 Å². The van der Waals surface area contributed by atoms with Gasteiger partial charge in [-0.05, 0) is 6.92 Å². The van der Waals surface area contributed by atoms with Crippen molar-refractivity contribution >= 4 is 17.0 Å². The highest BCUT2D eigenvalue weighted by atomic mass is 15.2. The number of aromatic amines is 1. The van der Waals surface area contributed by atoms with Crippen molar-refractivity contribution in [1.29, 1.82) is 0 Å². The Morgan fingerprint density at radius 2 is 2.16 bits per heavy atom. The molecule has 0 aromatic carbocycles. The fourth-order valence-electron chi connectivity index (χ4n) is 1.89. The molecule has 19 heavy (non-hydrogen) atoms. The van der Waals surface area contributed by atoms with Gasteiger partial charge in [0, 0.05) is 19.5 Å². The van der Waals surface area contributed by atoms with E-state index in [0.29, 0.717) is 6.54 Å². The molecule has 0 radical (unpaired) electrons. The first-order chi connectivity index (χ1) is 9.38. The van der Waals surface area contributed by atoms with Crippen molar-refractivity contribution in [3.05, 3.63) is 24.8 Å². The fraction of sp³-hybridized carbons (Fsp3) is 0.364. The lowest BCUT2D eigenvalue weighted by atomic mass is 10.4. The van der Waals surface area contributed by atoms with Crippen LogP contribution in [0.25, 0.3) is 11.2 Å². The van der Waals surface area contributed by atoms with Gasteiger partial charge in [0.2, 0.25) is 0 Å². The van der Waals surface area contributed by atoms with Crippen LogP contribution in [0.4, 0.5) is 5.82 Å². The minimum atomic E-state index is 0.709. The third-order valence-corrected chi connectivity index (χ3v) is 2.86. The summed E-state index contributed by atoms with van der Waals surface area (Å²) in [6.45, 7) is 3.60. The molecular formula is C11H14N8. The Balaban J connectivity index is 1.75. The maximum atomic E-state index is 4.34. The van der Waals surface area contributed by atoms with E-state index in [9.17, 15) is 0 Å². The Bertz CT molecular complexity index is 656. The van der Waals surface area contributed by atoms with Crippen LogP contribution in [0.1, 0.15) is 12.7 Å². The van der Waals surface area contributed by atoms with Gasteiger partial charge in [-0.3, -0.25) is 5.10 Å². The molecule has 0 aliphatic carbocycles. The first kappa shape index (κ1) is 11.6. The number of H-pyrrole nitrogens is 1. The van der Waals surface area contributed by atoms with E-state index in [1.54, 1.807) is 12.7 Å². The van der Waals surface area contributed by atoms with Gasteiger partial charge < -0.3 is 9.88 Å². The predicted molar refractivity (Wildman–Crippen MR) is 69.6 cm³/mol. The quantitative estimate of drug-likeness (QED) is 0.696. The second-order valence-electron chi connectivity index (χ2n) is 4.03. The molecule has 0 unspecified atom stereocenters. The van der Waals surface area contributed by atoms with Crippen LogP contribution < -0.4 is 5.32 Å². The first-order valence-corrected chi connectivity index (χ1v) is 6.12. The number of imidazole rings is 1. The van der Waals surface area contributed by atoms with Gasteiger partial charge >= 0.3 is 0 Å². The molecule has 0 bridgehead atoms. The normalized spacial score (nSPS) is 11.0. The summed E-state index contributed by atoms with van der Waals surface area (Å²) in [7, 11) is 0. The summed E-state index contributed by atoms with van der Waals surface area (Å²) >= 11 is 0. The zero-order chi connectivity index (χ0) is 13.1. The third-order valence-electron chi connectivity index (χ3n) is 2.86. The van der Waals surface area contributed by atoms with E-state index in [-0.39, 0.29) is 0 Å². The average molecular weight is 258 g/mol. The highest BCUT2D eigenvalue weighted by Gasteiger charge is 2.08. The second kappa shape index (κ2) is 5.01. The van der Waals surface area contributed by atoms with Crippen molar-refractivity contribution in [1.82, 2.24) is 34.7 Å². The standard InChI is InChI=1S/C11H14N8/c1-2-19-7-16-9-10(14-5-15-11(9)19)12-4-3-8-13-6-17-18-8/h5-7H,2-4H2,1H3,(H,12,14,15)(H,13,17,18). The molecule has 0 aliphatic heterocycles. The molecule has 8 heteroatoms. The number of rotatable bonds is 5. The molecule has 0 atom stereocenters. The topological polar surface area (TPSA) is 97.2 Å². The summed E-state index contributed by atoms with van der Waals surface area (Å²) in [6, 6.07) is 0. The number of nitrogens with one attached hydrogen (secondary N) is 2. The Morgan fingerprint density at radius 1 is 1.21 bits per heavy atom. The van der Waals surface area contributed by atoms with Crippen LogP contribution in [0.3, 0.4) is 0 Å². The van der Waals surface area contributed by atoms with E-state index in [1.165, 1.54) is 6.33 Å². The summed E-state index contributed by atoms with van der Waals surface area (Å²) in [5.41, 5.74) is 1.64. The Morgan fingerprint density at radius 3 is 2.95 bits per heavy atom. The molecule has 2 N–H and O–H groups in total. The van der Waals surface area contributed by atoms with Crippen molar-refractivity contribution in [2.45, 2.75) is 19.9 Å². The van der Waals surface area contributed by atoms with Gasteiger partial charge in [0.15, 0.2) is 11.5 Å². The van der Waals surface area contributed by atoms with Gasteiger partial charge in [-0.25, -0.2) is 19.9 Å². The Labute approximate surface area is 109 Å². The summed E-state index contributed by atoms with van der Waals surface area (Å²) in [4.78, 5) is 16.9. The highest BCUT2D eigenvalue weighted by molar-refractivity contribution is 5.82. The van der Waals surface area contributed by atoms with E-state index >= 15 is 0 Å². The molecule has 3 rings (SSSR count). The van der Waals surface area contributed by atoms with Crippen molar-refractivity contribution in [2.75, 3.05) is 11.9 Å². The lowest BCUT2D eigenvalue weighted by molar-refractivity contribution is 0.777. The number of fused-ring (bicyclic) bond motifs is 1. The maximum Gasteiger partial charge on any atom is 0.165 e. The van der Waals surface area contributed by atoms with Crippen molar-refractivity contribution in [3.63, 3.8) is 0 Å². The predicted octanol–water partition coefficient (Wildman–Crippen LogP) is 0.619. The molecule has 0 amide bonds. The highest BCUT2D eigenvalue weighted by Crippen LogP contribution is 2.16. The van der Waals surface area contributed by atoms with E-state index in [1.807, 2.05) is 4.57 Å². The number of aromatic nitrogens is 7. The van der Waals surface area contributed by atoms with Crippen LogP contribution in [0.15, 0.2) is 19.0 Å². The molecule has 0 spiro atoms. The summed E-state index contributed by atoms with van der Waals surface area (Å²) < 4.78 is 1.98. The number of nitrogens with zero attached hydrogens (tertiary/aromatic N) is 6. The van der Waals surface area contributed by atoms with Gasteiger partial charge in [-0.15, -0.1) is 0 Å². The van der Waals surface area contributed by atoms with Gasteiger partial charge in [0.1, 0.15) is 24.0 Å². The van der Waals surface area contributed by atoms with Crippen LogP contribution in [0.2, 0.25) is 0 Å². The SMILES string of the molecule is CCn1cnc2c(NCCc3ncn[nH]3)ncnc21. The fourth-order valence-corrected chi connectivity index (χ4v) is 1.89. The zero-order valence-corrected chi connectivity index (χ0v) is 10.5. The molecule has 0 aliphatic rings. The van der Waals surface area contributed by atoms with E-state index in [0.717, 1.165) is 35.8 Å². The van der Waals surface area contributed by atoms with Crippen LogP contribution in [-0.2, 0) is 13.0 Å². The lowest BCUT2D eigenvalue weighted by Crippen LogP contribution is -2.08. The van der Waals surface area contributed by atoms with E-state index in [4.69, 9.17) is 0 Å². The van der Waals surface area contributed by atoms with Gasteiger partial charge in [-0.1, -0.05) is 0 Å². The van der Waals surface area contributed by atoms with Gasteiger partial charge in [0.05, 0.1) is 6.33 Å². The van der Waals surface area contributed by atoms with E-state index in [2.05, 4.69) is 42.4 Å². The molecule has 3 aromatic rings. The second-order valence-corrected chi connectivity index (χ2v) is 4.03. The average Bonchev–Trinajstić information content (AvgIpc) is 3.07. The lowest BCUT2D eigenvalue weighted by Gasteiger charge is -2.04. The zero-order valence-electron chi connectivity index (χ0n) is 10.5. The number of anilines is 1. The van der Waals surface area contributed by atoms with Crippen LogP contribution >= 0.6 is 0 Å².